The molecule has 21 heavy (non-hydrogen) atoms. The number of hydrogen-bond acceptors (Lipinski definition) is 2. The van der Waals surface area contributed by atoms with Gasteiger partial charge in [0, 0.05) is 31.2 Å². The van der Waals surface area contributed by atoms with E-state index >= 15 is 0 Å². The summed E-state index contributed by atoms with van der Waals surface area (Å²) in [5.74, 6) is -0.400. The molecule has 1 aromatic heterocycles. The van der Waals surface area contributed by atoms with Crippen molar-refractivity contribution in [3.05, 3.63) is 23.5 Å². The van der Waals surface area contributed by atoms with E-state index in [4.69, 9.17) is 5.11 Å². The first-order chi connectivity index (χ1) is 9.97. The summed E-state index contributed by atoms with van der Waals surface area (Å²) in [5.41, 5.74) is 1.81. The normalized spacial score (nSPS) is 27.9. The van der Waals surface area contributed by atoms with Crippen LogP contribution in [0, 0.1) is 12.8 Å². The van der Waals surface area contributed by atoms with Gasteiger partial charge in [-0.3, -0.25) is 9.59 Å². The lowest BCUT2D eigenvalue weighted by atomic mass is 9.88. The molecule has 2 unspecified atom stereocenters. The molecule has 3 rings (SSSR count). The summed E-state index contributed by atoms with van der Waals surface area (Å²) in [6, 6.07) is 4.29. The van der Waals surface area contributed by atoms with E-state index in [2.05, 4.69) is 0 Å². The zero-order chi connectivity index (χ0) is 15.1. The Bertz CT molecular complexity index is 564. The number of aromatic nitrogens is 1. The highest BCUT2D eigenvalue weighted by molar-refractivity contribution is 5.93. The summed E-state index contributed by atoms with van der Waals surface area (Å²) in [7, 11) is 1.92. The Balaban J connectivity index is 1.77. The van der Waals surface area contributed by atoms with E-state index in [1.807, 2.05) is 35.6 Å². The molecular weight excluding hydrogens is 268 g/mol. The van der Waals surface area contributed by atoms with Crippen molar-refractivity contribution in [2.75, 3.05) is 0 Å². The number of carboxylic acid groups (broad SMARTS) is 1. The minimum absolute atomic E-state index is 0.104. The van der Waals surface area contributed by atoms with Gasteiger partial charge in [-0.25, -0.2) is 0 Å². The van der Waals surface area contributed by atoms with Crippen molar-refractivity contribution in [3.63, 3.8) is 0 Å². The molecule has 2 fully saturated rings. The molecule has 2 saturated heterocycles. The third-order valence-electron chi connectivity index (χ3n) is 5.12. The predicted molar refractivity (Wildman–Crippen MR) is 78.1 cm³/mol. The molecule has 0 spiro atoms. The second-order valence-corrected chi connectivity index (χ2v) is 6.45. The first kappa shape index (κ1) is 14.2. The van der Waals surface area contributed by atoms with Crippen LogP contribution in [0.5, 0.6) is 0 Å². The maximum absolute atomic E-state index is 12.8. The molecule has 2 aliphatic rings. The molecule has 1 amide bonds. The minimum atomic E-state index is -0.725. The lowest BCUT2D eigenvalue weighted by Crippen LogP contribution is -2.47. The fraction of sp³-hybridized carbons (Fsp3) is 0.625. The summed E-state index contributed by atoms with van der Waals surface area (Å²) >= 11 is 0. The Kier molecular flexibility index (Phi) is 3.51. The summed E-state index contributed by atoms with van der Waals surface area (Å²) in [6.45, 7) is 1.99. The van der Waals surface area contributed by atoms with Crippen LogP contribution < -0.4 is 0 Å². The number of hydrogen-bond donors (Lipinski definition) is 1. The van der Waals surface area contributed by atoms with Crippen LogP contribution in [0.1, 0.15) is 48.3 Å². The smallest absolute Gasteiger partial charge is 0.303 e. The number of aryl methyl sites for hydroxylation is 1. The van der Waals surface area contributed by atoms with Crippen molar-refractivity contribution in [2.45, 2.75) is 51.1 Å². The maximum Gasteiger partial charge on any atom is 0.303 e. The minimum Gasteiger partial charge on any atom is -0.481 e. The number of piperidine rings is 1. The van der Waals surface area contributed by atoms with Crippen LogP contribution in [0.3, 0.4) is 0 Å². The Morgan fingerprint density at radius 1 is 1.24 bits per heavy atom. The lowest BCUT2D eigenvalue weighted by molar-refractivity contribution is -0.138. The van der Waals surface area contributed by atoms with Gasteiger partial charge in [-0.15, -0.1) is 0 Å². The van der Waals surface area contributed by atoms with Gasteiger partial charge in [0.1, 0.15) is 5.69 Å². The van der Waals surface area contributed by atoms with E-state index in [1.54, 1.807) is 0 Å². The Morgan fingerprint density at radius 2 is 1.86 bits per heavy atom. The Labute approximate surface area is 124 Å². The molecule has 5 nitrogen and oxygen atoms in total. The largest absolute Gasteiger partial charge is 0.481 e. The topological polar surface area (TPSA) is 62.5 Å². The molecule has 0 aromatic carbocycles. The number of nitrogens with zero attached hydrogens (tertiary/aromatic N) is 2. The first-order valence-corrected chi connectivity index (χ1v) is 7.64. The zero-order valence-electron chi connectivity index (χ0n) is 12.6. The number of fused-ring (bicyclic) bond motifs is 2. The van der Waals surface area contributed by atoms with Gasteiger partial charge in [0.15, 0.2) is 0 Å². The monoisotopic (exact) mass is 290 g/mol. The van der Waals surface area contributed by atoms with Crippen molar-refractivity contribution in [1.29, 1.82) is 0 Å². The summed E-state index contributed by atoms with van der Waals surface area (Å²) in [4.78, 5) is 25.7. The molecule has 1 N–H and O–H groups in total. The third kappa shape index (κ3) is 2.45. The molecule has 2 bridgehead atoms. The second-order valence-electron chi connectivity index (χ2n) is 6.45. The van der Waals surface area contributed by atoms with E-state index in [1.165, 1.54) is 0 Å². The molecule has 1 aromatic rings. The van der Waals surface area contributed by atoms with Crippen molar-refractivity contribution >= 4 is 11.9 Å². The molecular formula is C16H22N2O3. The number of carbonyl (C=O) groups is 2. The van der Waals surface area contributed by atoms with Crippen molar-refractivity contribution in [1.82, 2.24) is 9.47 Å². The predicted octanol–water partition coefficient (Wildman–Crippen LogP) is 2.19. The average molecular weight is 290 g/mol. The standard InChI is InChI=1S/C16H22N2O3/c1-10-3-6-14(17(10)2)16(21)18-12-4-5-13(18)8-11(7-12)9-15(19)20/h3,6,11-13H,4-5,7-9H2,1-2H3,(H,19,20). The molecule has 5 heteroatoms. The number of aliphatic carboxylic acids is 1. The van der Waals surface area contributed by atoms with Crippen LogP contribution in [0.15, 0.2) is 12.1 Å². The molecule has 114 valence electrons. The van der Waals surface area contributed by atoms with E-state index in [0.29, 0.717) is 0 Å². The molecule has 0 aliphatic carbocycles. The van der Waals surface area contributed by atoms with Gasteiger partial charge >= 0.3 is 5.97 Å². The van der Waals surface area contributed by atoms with E-state index in [0.717, 1.165) is 37.1 Å². The summed E-state index contributed by atoms with van der Waals surface area (Å²) < 4.78 is 1.94. The highest BCUT2D eigenvalue weighted by Crippen LogP contribution is 2.40. The van der Waals surface area contributed by atoms with E-state index in [9.17, 15) is 9.59 Å². The molecule has 0 saturated carbocycles. The summed E-state index contributed by atoms with van der Waals surface area (Å²) in [6.07, 6.45) is 3.92. The molecule has 0 radical (unpaired) electrons. The van der Waals surface area contributed by atoms with Gasteiger partial charge in [0.05, 0.1) is 0 Å². The summed E-state index contributed by atoms with van der Waals surface area (Å²) in [5, 5.41) is 8.97. The van der Waals surface area contributed by atoms with Crippen LogP contribution in [0.25, 0.3) is 0 Å². The molecule has 2 aliphatic heterocycles. The van der Waals surface area contributed by atoms with Crippen molar-refractivity contribution in [3.8, 4) is 0 Å². The fourth-order valence-electron chi connectivity index (χ4n) is 4.00. The number of rotatable bonds is 3. The number of carbonyl (C=O) groups excluding carboxylic acids is 1. The second kappa shape index (κ2) is 5.20. The van der Waals surface area contributed by atoms with Gasteiger partial charge in [-0.1, -0.05) is 0 Å². The maximum atomic E-state index is 12.8. The molecule has 2 atom stereocenters. The highest BCUT2D eigenvalue weighted by atomic mass is 16.4. The average Bonchev–Trinajstić information content (AvgIpc) is 2.87. The van der Waals surface area contributed by atoms with Gasteiger partial charge in [0.2, 0.25) is 0 Å². The fourth-order valence-corrected chi connectivity index (χ4v) is 4.00. The van der Waals surface area contributed by atoms with Gasteiger partial charge < -0.3 is 14.6 Å². The van der Waals surface area contributed by atoms with Crippen molar-refractivity contribution in [2.24, 2.45) is 13.0 Å². The highest BCUT2D eigenvalue weighted by Gasteiger charge is 2.44. The lowest BCUT2D eigenvalue weighted by Gasteiger charge is -2.38. The Morgan fingerprint density at radius 3 is 2.33 bits per heavy atom. The van der Waals surface area contributed by atoms with Crippen LogP contribution in [-0.2, 0) is 11.8 Å². The Hall–Kier alpha value is -1.78. The van der Waals surface area contributed by atoms with E-state index < -0.39 is 5.97 Å². The van der Waals surface area contributed by atoms with Gasteiger partial charge in [0.25, 0.3) is 5.91 Å². The van der Waals surface area contributed by atoms with Crippen LogP contribution in [0.2, 0.25) is 0 Å². The number of carboxylic acids is 1. The first-order valence-electron chi connectivity index (χ1n) is 7.64. The molecule has 3 heterocycles. The quantitative estimate of drug-likeness (QED) is 0.928. The van der Waals surface area contributed by atoms with Crippen LogP contribution in [-0.4, -0.2) is 38.5 Å². The SMILES string of the molecule is Cc1ccc(C(=O)N2C3CCC2CC(CC(=O)O)C3)n1C. The zero-order valence-corrected chi connectivity index (χ0v) is 12.6. The van der Waals surface area contributed by atoms with Crippen molar-refractivity contribution < 1.29 is 14.7 Å². The van der Waals surface area contributed by atoms with Gasteiger partial charge in [-0.2, -0.15) is 0 Å². The third-order valence-corrected chi connectivity index (χ3v) is 5.12. The van der Waals surface area contributed by atoms with Crippen LogP contribution in [0.4, 0.5) is 0 Å². The van der Waals surface area contributed by atoms with Crippen LogP contribution >= 0.6 is 0 Å². The van der Waals surface area contributed by atoms with E-state index in [-0.39, 0.29) is 30.3 Å². The van der Waals surface area contributed by atoms with Gasteiger partial charge in [-0.05, 0) is 50.7 Å². The number of amides is 1.